The average molecular weight is 444 g/mol. The zero-order valence-electron chi connectivity index (χ0n) is 19.2. The first kappa shape index (κ1) is 23.7. The van der Waals surface area contributed by atoms with Gasteiger partial charge in [0.2, 0.25) is 0 Å². The highest BCUT2D eigenvalue weighted by molar-refractivity contribution is 6.08. The normalized spacial score (nSPS) is 21.0. The van der Waals surface area contributed by atoms with Crippen molar-refractivity contribution in [3.05, 3.63) is 47.2 Å². The van der Waals surface area contributed by atoms with Gasteiger partial charge in [0.25, 0.3) is 5.91 Å². The van der Waals surface area contributed by atoms with Crippen LogP contribution in [0.3, 0.4) is 0 Å². The molecule has 9 nitrogen and oxygen atoms in total. The summed E-state index contributed by atoms with van der Waals surface area (Å²) in [7, 11) is 3.83. The highest BCUT2D eigenvalue weighted by Gasteiger charge is 2.44. The predicted octanol–water partition coefficient (Wildman–Crippen LogP) is 2.01. The lowest BCUT2D eigenvalue weighted by Gasteiger charge is -2.34. The molecule has 2 aliphatic heterocycles. The first-order valence-electron chi connectivity index (χ1n) is 10.8. The van der Waals surface area contributed by atoms with E-state index in [2.05, 4.69) is 5.32 Å². The smallest absolute Gasteiger partial charge is 0.411 e. The number of rotatable bonds is 6. The van der Waals surface area contributed by atoms with Gasteiger partial charge in [0.1, 0.15) is 18.0 Å². The Morgan fingerprint density at radius 2 is 2.03 bits per heavy atom. The molecule has 3 rings (SSSR count). The summed E-state index contributed by atoms with van der Waals surface area (Å²) in [5.41, 5.74) is 7.12. The first-order valence-corrected chi connectivity index (χ1v) is 10.8. The van der Waals surface area contributed by atoms with Crippen molar-refractivity contribution in [2.24, 2.45) is 5.73 Å². The number of nitrogens with one attached hydrogen (secondary N) is 2. The standard InChI is InChI=1S/C23H33N5O4/c1-23(2)19(24)16(20(25)26-21(29)17-11-8-12-31-17)13-28(23)22(30)32-18(14-27(3)4)15-9-6-5-7-10-15/h5-7,9-10,17-18H,8,11-14,24H2,1-4H3,(H2,25,26,29)/t17?,18-/m1/s1. The van der Waals surface area contributed by atoms with Gasteiger partial charge in [0.05, 0.1) is 12.1 Å². The molecule has 2 aliphatic rings. The van der Waals surface area contributed by atoms with Gasteiger partial charge in [-0.05, 0) is 46.3 Å². The van der Waals surface area contributed by atoms with Gasteiger partial charge in [-0.3, -0.25) is 15.1 Å². The monoisotopic (exact) mass is 443 g/mol. The van der Waals surface area contributed by atoms with Crippen LogP contribution in [0, 0.1) is 5.41 Å². The molecular weight excluding hydrogens is 410 g/mol. The first-order chi connectivity index (χ1) is 15.1. The summed E-state index contributed by atoms with van der Waals surface area (Å²) in [6, 6.07) is 9.56. The van der Waals surface area contributed by atoms with Gasteiger partial charge >= 0.3 is 6.09 Å². The van der Waals surface area contributed by atoms with Gasteiger partial charge < -0.3 is 25.4 Å². The number of nitrogens with two attached hydrogens (primary N) is 1. The molecule has 9 heteroatoms. The molecule has 1 aromatic rings. The molecule has 0 spiro atoms. The third-order valence-electron chi connectivity index (χ3n) is 5.91. The summed E-state index contributed by atoms with van der Waals surface area (Å²) in [5, 5.41) is 11.0. The molecule has 2 amide bonds. The number of ether oxygens (including phenoxy) is 2. The molecule has 4 N–H and O–H groups in total. The maximum absolute atomic E-state index is 13.2. The number of carbonyl (C=O) groups excluding carboxylic acids is 2. The van der Waals surface area contributed by atoms with Crippen molar-refractivity contribution >= 4 is 17.8 Å². The van der Waals surface area contributed by atoms with E-state index in [0.717, 1.165) is 12.0 Å². The van der Waals surface area contributed by atoms with Gasteiger partial charge in [-0.1, -0.05) is 30.3 Å². The lowest BCUT2D eigenvalue weighted by atomic mass is 10.0. The second-order valence-corrected chi connectivity index (χ2v) is 8.95. The second-order valence-electron chi connectivity index (χ2n) is 8.95. The molecule has 0 aromatic heterocycles. The van der Waals surface area contributed by atoms with Crippen molar-refractivity contribution in [1.82, 2.24) is 15.1 Å². The molecule has 1 unspecified atom stereocenters. The van der Waals surface area contributed by atoms with Crippen LogP contribution in [0.1, 0.15) is 38.4 Å². The third kappa shape index (κ3) is 5.11. The van der Waals surface area contributed by atoms with Crippen molar-refractivity contribution in [2.45, 2.75) is 44.4 Å². The van der Waals surface area contributed by atoms with E-state index in [1.54, 1.807) is 13.8 Å². The topological polar surface area (TPSA) is 121 Å². The van der Waals surface area contributed by atoms with Gasteiger partial charge in [-0.15, -0.1) is 0 Å². The number of hydrogen-bond donors (Lipinski definition) is 3. The van der Waals surface area contributed by atoms with Crippen LogP contribution < -0.4 is 11.1 Å². The van der Waals surface area contributed by atoms with Crippen LogP contribution in [0.5, 0.6) is 0 Å². The Hall–Kier alpha value is -2.91. The molecule has 1 aromatic carbocycles. The zero-order chi connectivity index (χ0) is 23.5. The number of benzene rings is 1. The lowest BCUT2D eigenvalue weighted by molar-refractivity contribution is -0.128. The van der Waals surface area contributed by atoms with Crippen LogP contribution in [0.15, 0.2) is 41.6 Å². The maximum Gasteiger partial charge on any atom is 0.411 e. The van der Waals surface area contributed by atoms with E-state index in [1.165, 1.54) is 4.90 Å². The fourth-order valence-electron chi connectivity index (χ4n) is 3.92. The summed E-state index contributed by atoms with van der Waals surface area (Å²) in [6.07, 6.45) is -0.0892. The Balaban J connectivity index is 1.72. The fraction of sp³-hybridized carbons (Fsp3) is 0.522. The highest BCUT2D eigenvalue weighted by Crippen LogP contribution is 2.33. The van der Waals surface area contributed by atoms with Crippen molar-refractivity contribution < 1.29 is 19.1 Å². The molecule has 2 atom stereocenters. The van der Waals surface area contributed by atoms with Crippen molar-refractivity contribution in [1.29, 1.82) is 5.41 Å². The number of amides is 2. The molecule has 0 saturated carbocycles. The van der Waals surface area contributed by atoms with Gasteiger partial charge in [-0.2, -0.15) is 0 Å². The minimum Gasteiger partial charge on any atom is -0.440 e. The van der Waals surface area contributed by atoms with Crippen LogP contribution in [-0.2, 0) is 14.3 Å². The number of likely N-dealkylation sites (N-methyl/N-ethyl adjacent to an activating group) is 1. The van der Waals surface area contributed by atoms with Crippen LogP contribution in [0.2, 0.25) is 0 Å². The molecule has 174 valence electrons. The fourth-order valence-corrected chi connectivity index (χ4v) is 3.92. The van der Waals surface area contributed by atoms with Crippen LogP contribution in [0.25, 0.3) is 0 Å². The van der Waals surface area contributed by atoms with Gasteiger partial charge in [0.15, 0.2) is 0 Å². The molecule has 0 radical (unpaired) electrons. The molecule has 0 aliphatic carbocycles. The van der Waals surface area contributed by atoms with E-state index >= 15 is 0 Å². The largest absolute Gasteiger partial charge is 0.440 e. The van der Waals surface area contributed by atoms with Crippen molar-refractivity contribution in [3.8, 4) is 0 Å². The Labute approximate surface area is 189 Å². The van der Waals surface area contributed by atoms with Gasteiger partial charge in [0, 0.05) is 24.4 Å². The summed E-state index contributed by atoms with van der Waals surface area (Å²) in [4.78, 5) is 29.0. The lowest BCUT2D eigenvalue weighted by Crippen LogP contribution is -2.47. The summed E-state index contributed by atoms with van der Waals surface area (Å²) in [6.45, 7) is 4.74. The summed E-state index contributed by atoms with van der Waals surface area (Å²) in [5.74, 6) is -0.471. The molecular formula is C23H33N5O4. The van der Waals surface area contributed by atoms with E-state index in [0.29, 0.717) is 30.8 Å². The van der Waals surface area contributed by atoms with Crippen LogP contribution >= 0.6 is 0 Å². The van der Waals surface area contributed by atoms with E-state index in [-0.39, 0.29) is 18.3 Å². The zero-order valence-corrected chi connectivity index (χ0v) is 19.2. The van der Waals surface area contributed by atoms with Crippen LogP contribution in [-0.4, -0.2) is 73.1 Å². The maximum atomic E-state index is 13.2. The third-order valence-corrected chi connectivity index (χ3v) is 5.91. The molecule has 1 saturated heterocycles. The highest BCUT2D eigenvalue weighted by atomic mass is 16.6. The second kappa shape index (κ2) is 9.70. The van der Waals surface area contributed by atoms with Crippen molar-refractivity contribution in [2.75, 3.05) is 33.8 Å². The number of hydrogen-bond acceptors (Lipinski definition) is 7. The Kier molecular flexibility index (Phi) is 7.20. The van der Waals surface area contributed by atoms with E-state index in [9.17, 15) is 9.59 Å². The number of nitrogens with zero attached hydrogens (tertiary/aromatic N) is 2. The predicted molar refractivity (Wildman–Crippen MR) is 121 cm³/mol. The SMILES string of the molecule is CN(C)C[C@@H](OC(=O)N1CC(C(=N)NC(=O)C2CCCO2)=C(N)C1(C)C)c1ccccc1. The Morgan fingerprint density at radius 3 is 2.62 bits per heavy atom. The van der Waals surface area contributed by atoms with Crippen LogP contribution in [0.4, 0.5) is 4.79 Å². The Morgan fingerprint density at radius 1 is 1.34 bits per heavy atom. The quantitative estimate of drug-likeness (QED) is 0.457. The summed E-state index contributed by atoms with van der Waals surface area (Å²) < 4.78 is 11.3. The minimum absolute atomic E-state index is 0.0752. The molecule has 0 bridgehead atoms. The van der Waals surface area contributed by atoms with E-state index in [1.807, 2.05) is 49.3 Å². The number of carbonyl (C=O) groups is 2. The molecule has 1 fully saturated rings. The van der Waals surface area contributed by atoms with Gasteiger partial charge in [-0.25, -0.2) is 4.79 Å². The van der Waals surface area contributed by atoms with Crippen molar-refractivity contribution in [3.63, 3.8) is 0 Å². The van der Waals surface area contributed by atoms with E-state index in [4.69, 9.17) is 20.6 Å². The molecule has 2 heterocycles. The number of amidine groups is 1. The summed E-state index contributed by atoms with van der Waals surface area (Å²) >= 11 is 0. The average Bonchev–Trinajstić information content (AvgIpc) is 3.35. The molecule has 32 heavy (non-hydrogen) atoms. The minimum atomic E-state index is -0.868. The van der Waals surface area contributed by atoms with E-state index < -0.39 is 23.8 Å². The Bertz CT molecular complexity index is 891.